The molecule has 1 atom stereocenters. The first kappa shape index (κ1) is 17.0. The molecular weight excluding hydrogens is 265 g/mol. The van der Waals surface area contributed by atoms with Gasteiger partial charge < -0.3 is 5.32 Å². The number of halogens is 3. The molecule has 1 unspecified atom stereocenters. The van der Waals surface area contributed by atoms with Crippen LogP contribution < -0.4 is 5.32 Å². The number of rotatable bonds is 6. The van der Waals surface area contributed by atoms with Crippen molar-refractivity contribution in [1.29, 1.82) is 0 Å². The van der Waals surface area contributed by atoms with E-state index in [1.807, 2.05) is 0 Å². The fraction of sp³-hybridized carbons (Fsp3) is 0.600. The van der Waals surface area contributed by atoms with Crippen LogP contribution in [0.25, 0.3) is 0 Å². The van der Waals surface area contributed by atoms with E-state index in [1.165, 1.54) is 12.1 Å². The Morgan fingerprint density at radius 3 is 2.35 bits per heavy atom. The summed E-state index contributed by atoms with van der Waals surface area (Å²) < 4.78 is 38.3. The predicted octanol–water partition coefficient (Wildman–Crippen LogP) is 3.70. The Kier molecular flexibility index (Phi) is 6.02. The Morgan fingerprint density at radius 2 is 1.90 bits per heavy atom. The highest BCUT2D eigenvalue weighted by atomic mass is 19.4. The Balaban J connectivity index is 2.95. The van der Waals surface area contributed by atoms with E-state index in [2.05, 4.69) is 31.0 Å². The van der Waals surface area contributed by atoms with Crippen LogP contribution in [0.2, 0.25) is 0 Å². The van der Waals surface area contributed by atoms with Crippen LogP contribution >= 0.6 is 0 Å². The fourth-order valence-corrected chi connectivity index (χ4v) is 2.23. The molecule has 0 fully saturated rings. The molecule has 0 aliphatic rings. The van der Waals surface area contributed by atoms with Crippen LogP contribution in [-0.4, -0.2) is 31.1 Å². The molecule has 1 N–H and O–H groups in total. The van der Waals surface area contributed by atoms with Crippen LogP contribution in [0.3, 0.4) is 0 Å². The van der Waals surface area contributed by atoms with E-state index in [9.17, 15) is 13.2 Å². The summed E-state index contributed by atoms with van der Waals surface area (Å²) in [5, 5.41) is 3.11. The van der Waals surface area contributed by atoms with Crippen LogP contribution in [0, 0.1) is 0 Å². The summed E-state index contributed by atoms with van der Waals surface area (Å²) in [6.45, 7) is 7.78. The highest BCUT2D eigenvalue weighted by molar-refractivity contribution is 5.28. The second-order valence-corrected chi connectivity index (χ2v) is 5.15. The Bertz CT molecular complexity index is 416. The summed E-state index contributed by atoms with van der Waals surface area (Å²) >= 11 is 0. The molecule has 0 aliphatic heterocycles. The minimum atomic E-state index is -4.29. The van der Waals surface area contributed by atoms with E-state index in [0.29, 0.717) is 18.2 Å². The minimum Gasteiger partial charge on any atom is -0.312 e. The molecule has 1 aromatic rings. The zero-order valence-corrected chi connectivity index (χ0v) is 12.5. The number of nitrogens with zero attached hydrogens (tertiary/aromatic N) is 1. The number of nitrogens with one attached hydrogen (secondary N) is 1. The van der Waals surface area contributed by atoms with Crippen molar-refractivity contribution in [3.05, 3.63) is 35.4 Å². The monoisotopic (exact) mass is 288 g/mol. The van der Waals surface area contributed by atoms with Gasteiger partial charge in [0.05, 0.1) is 5.56 Å². The summed E-state index contributed by atoms with van der Waals surface area (Å²) in [6, 6.07) is 5.80. The Labute approximate surface area is 119 Å². The van der Waals surface area contributed by atoms with E-state index in [-0.39, 0.29) is 6.04 Å². The molecule has 0 aliphatic carbocycles. The number of alkyl halides is 3. The number of benzene rings is 1. The van der Waals surface area contributed by atoms with Gasteiger partial charge in [0, 0.05) is 18.6 Å². The van der Waals surface area contributed by atoms with E-state index in [1.54, 1.807) is 13.1 Å². The van der Waals surface area contributed by atoms with Crippen molar-refractivity contribution in [3.63, 3.8) is 0 Å². The first-order chi connectivity index (χ1) is 9.29. The summed E-state index contributed by atoms with van der Waals surface area (Å²) in [4.78, 5) is 2.22. The molecule has 20 heavy (non-hydrogen) atoms. The van der Waals surface area contributed by atoms with Crippen molar-refractivity contribution < 1.29 is 13.2 Å². The van der Waals surface area contributed by atoms with Crippen molar-refractivity contribution in [2.45, 2.75) is 39.0 Å². The standard InChI is InChI=1S/C15H23F3N2/c1-5-20(11(2)3)10-14(19-4)12-7-6-8-13(9-12)15(16,17)18/h6-9,11,14,19H,5,10H2,1-4H3. The van der Waals surface area contributed by atoms with Gasteiger partial charge in [-0.15, -0.1) is 0 Å². The van der Waals surface area contributed by atoms with E-state index in [4.69, 9.17) is 0 Å². The molecular formula is C15H23F3N2. The molecule has 0 spiro atoms. The van der Waals surface area contributed by atoms with Crippen LogP contribution in [0.5, 0.6) is 0 Å². The van der Waals surface area contributed by atoms with E-state index >= 15 is 0 Å². The molecule has 5 heteroatoms. The maximum atomic E-state index is 12.8. The third-order valence-corrected chi connectivity index (χ3v) is 3.52. The third-order valence-electron chi connectivity index (χ3n) is 3.52. The Hall–Kier alpha value is -1.07. The van der Waals surface area contributed by atoms with Crippen LogP contribution in [-0.2, 0) is 6.18 Å². The van der Waals surface area contributed by atoms with Gasteiger partial charge in [-0.05, 0) is 45.1 Å². The molecule has 1 rings (SSSR count). The van der Waals surface area contributed by atoms with Crippen molar-refractivity contribution in [2.24, 2.45) is 0 Å². The minimum absolute atomic E-state index is 0.111. The predicted molar refractivity (Wildman–Crippen MR) is 75.6 cm³/mol. The van der Waals surface area contributed by atoms with Crippen LogP contribution in [0.1, 0.15) is 37.9 Å². The topological polar surface area (TPSA) is 15.3 Å². The van der Waals surface area contributed by atoms with Crippen molar-refractivity contribution in [2.75, 3.05) is 20.1 Å². The molecule has 2 nitrogen and oxygen atoms in total. The zero-order valence-electron chi connectivity index (χ0n) is 12.5. The van der Waals surface area contributed by atoms with Gasteiger partial charge in [-0.25, -0.2) is 0 Å². The first-order valence-corrected chi connectivity index (χ1v) is 6.88. The van der Waals surface area contributed by atoms with Crippen molar-refractivity contribution in [3.8, 4) is 0 Å². The molecule has 0 saturated heterocycles. The molecule has 0 radical (unpaired) electrons. The highest BCUT2D eigenvalue weighted by Crippen LogP contribution is 2.30. The lowest BCUT2D eigenvalue weighted by molar-refractivity contribution is -0.137. The summed E-state index contributed by atoms with van der Waals surface area (Å²) in [5.74, 6) is 0. The molecule has 1 aromatic carbocycles. The zero-order chi connectivity index (χ0) is 15.3. The van der Waals surface area contributed by atoms with Gasteiger partial charge >= 0.3 is 6.18 Å². The fourth-order valence-electron chi connectivity index (χ4n) is 2.23. The quantitative estimate of drug-likeness (QED) is 0.858. The molecule has 0 heterocycles. The molecule has 0 aromatic heterocycles. The first-order valence-electron chi connectivity index (χ1n) is 6.88. The maximum absolute atomic E-state index is 12.8. The SMILES string of the molecule is CCN(CC(NC)c1cccc(C(F)(F)F)c1)C(C)C. The second-order valence-electron chi connectivity index (χ2n) is 5.15. The summed E-state index contributed by atoms with van der Waals surface area (Å²) in [6.07, 6.45) is -4.29. The average molecular weight is 288 g/mol. The smallest absolute Gasteiger partial charge is 0.312 e. The molecule has 0 saturated carbocycles. The van der Waals surface area contributed by atoms with Crippen molar-refractivity contribution >= 4 is 0 Å². The van der Waals surface area contributed by atoms with E-state index in [0.717, 1.165) is 12.6 Å². The lowest BCUT2D eigenvalue weighted by Gasteiger charge is -2.30. The lowest BCUT2D eigenvalue weighted by Crippen LogP contribution is -2.38. The molecule has 0 amide bonds. The van der Waals surface area contributed by atoms with E-state index < -0.39 is 11.7 Å². The van der Waals surface area contributed by atoms with Crippen LogP contribution in [0.15, 0.2) is 24.3 Å². The average Bonchev–Trinajstić information content (AvgIpc) is 2.39. The highest BCUT2D eigenvalue weighted by Gasteiger charge is 2.31. The van der Waals surface area contributed by atoms with Gasteiger partial charge in [0.2, 0.25) is 0 Å². The van der Waals surface area contributed by atoms with Gasteiger partial charge in [-0.2, -0.15) is 13.2 Å². The molecule has 0 bridgehead atoms. The Morgan fingerprint density at radius 1 is 1.25 bits per heavy atom. The number of likely N-dealkylation sites (N-methyl/N-ethyl adjacent to an activating group) is 2. The summed E-state index contributed by atoms with van der Waals surface area (Å²) in [7, 11) is 1.78. The number of hydrogen-bond acceptors (Lipinski definition) is 2. The van der Waals surface area contributed by atoms with Gasteiger partial charge in [-0.3, -0.25) is 4.90 Å². The van der Waals surface area contributed by atoms with Gasteiger partial charge in [-0.1, -0.05) is 19.1 Å². The second kappa shape index (κ2) is 7.09. The largest absolute Gasteiger partial charge is 0.416 e. The van der Waals surface area contributed by atoms with Gasteiger partial charge in [0.1, 0.15) is 0 Å². The third kappa shape index (κ3) is 4.49. The van der Waals surface area contributed by atoms with Gasteiger partial charge in [0.25, 0.3) is 0 Å². The van der Waals surface area contributed by atoms with Gasteiger partial charge in [0.15, 0.2) is 0 Å². The molecule has 114 valence electrons. The maximum Gasteiger partial charge on any atom is 0.416 e. The van der Waals surface area contributed by atoms with Crippen molar-refractivity contribution in [1.82, 2.24) is 10.2 Å². The lowest BCUT2D eigenvalue weighted by atomic mass is 10.0. The number of hydrogen-bond donors (Lipinski definition) is 1. The normalized spacial score (nSPS) is 14.1. The van der Waals surface area contributed by atoms with Crippen LogP contribution in [0.4, 0.5) is 13.2 Å². The summed E-state index contributed by atoms with van der Waals surface area (Å²) in [5.41, 5.74) is 0.0734.